The number of hydrogen-bond donors (Lipinski definition) is 6. The van der Waals surface area contributed by atoms with Crippen LogP contribution < -0.4 is 0 Å². The van der Waals surface area contributed by atoms with E-state index in [2.05, 4.69) is 118 Å². The van der Waals surface area contributed by atoms with Crippen molar-refractivity contribution in [3.8, 4) is 90.7 Å². The molecule has 0 saturated heterocycles. The van der Waals surface area contributed by atoms with Gasteiger partial charge in [0.25, 0.3) is 0 Å². The van der Waals surface area contributed by atoms with E-state index in [0.717, 1.165) is 82.6 Å². The number of benzene rings is 6. The summed E-state index contributed by atoms with van der Waals surface area (Å²) in [5, 5.41) is 98.3. The van der Waals surface area contributed by atoms with Gasteiger partial charge in [-0.3, -0.25) is 44.7 Å². The molecule has 34 heteroatoms. The predicted molar refractivity (Wildman–Crippen MR) is 479 cm³/mol. The number of fused-ring (bicyclic) bond motifs is 7. The van der Waals surface area contributed by atoms with E-state index in [-0.39, 0.29) is 86.6 Å². The first kappa shape index (κ1) is 89.6. The van der Waals surface area contributed by atoms with Gasteiger partial charge < -0.3 is 61.4 Å². The van der Waals surface area contributed by atoms with E-state index in [0.29, 0.717) is 45.3 Å². The van der Waals surface area contributed by atoms with Gasteiger partial charge in [-0.05, 0) is 196 Å². The van der Waals surface area contributed by atoms with Crippen LogP contribution in [0.4, 0.5) is 0 Å². The molecule has 612 valence electrons. The van der Waals surface area contributed by atoms with Gasteiger partial charge in [-0.15, -0.1) is 11.3 Å². The third-order valence-corrected chi connectivity index (χ3v) is 17.5. The van der Waals surface area contributed by atoms with Gasteiger partial charge in [0, 0.05) is 74.8 Å². The minimum atomic E-state index is -0.963. The van der Waals surface area contributed by atoms with E-state index >= 15 is 0 Å². The Balaban J connectivity index is 0.000000272. The Labute approximate surface area is 762 Å². The summed E-state index contributed by atoms with van der Waals surface area (Å²) >= 11 is 16.5. The first-order valence-electron chi connectivity index (χ1n) is 37.1. The molecule has 0 spiro atoms. The van der Waals surface area contributed by atoms with E-state index in [1.165, 1.54) is 74.3 Å². The average Bonchev–Trinajstić information content (AvgIpc) is 1.59. The van der Waals surface area contributed by atoms with Gasteiger partial charge in [0.15, 0.2) is 17.2 Å². The van der Waals surface area contributed by atoms with Gasteiger partial charge in [0.05, 0.1) is 92.5 Å². The number of pyridine rings is 8. The fraction of sp³-hybridized carbons (Fsp3) is 0.0111. The first-order chi connectivity index (χ1) is 61.3. The number of nitrogens with zero attached hydrogens (tertiary/aromatic N) is 14. The molecular formula is C90H58N14O13Ru2S5. The number of phenolic OH excluding ortho intramolecular Hbond substituents is 3. The van der Waals surface area contributed by atoms with Crippen molar-refractivity contribution < 1.29 is 110 Å². The Morgan fingerprint density at radius 2 is 0.831 bits per heavy atom. The minimum Gasteiger partial charge on any atom is -0.753 e. The molecule has 0 aliphatic heterocycles. The number of aromatic hydroxyl groups is 3. The number of thiophene rings is 1. The smallest absolute Gasteiger partial charge is 0.753 e. The Morgan fingerprint density at radius 1 is 0.411 bits per heavy atom. The molecule has 17 rings (SSSR count). The number of rotatable bonds is 13. The molecule has 11 aromatic heterocycles. The van der Waals surface area contributed by atoms with Crippen molar-refractivity contribution >= 4 is 178 Å². The van der Waals surface area contributed by atoms with E-state index in [1.54, 1.807) is 83.4 Å². The zero-order valence-electron chi connectivity index (χ0n) is 68.2. The fourth-order valence-electron chi connectivity index (χ4n) is 11.8. The van der Waals surface area contributed by atoms with Gasteiger partial charge in [-0.25, -0.2) is 9.59 Å². The quantitative estimate of drug-likeness (QED) is 0.0270. The molecule has 0 amide bonds. The molecule has 0 saturated carbocycles. The van der Waals surface area contributed by atoms with Crippen molar-refractivity contribution in [2.75, 3.05) is 0 Å². The Hall–Kier alpha value is -15.2. The van der Waals surface area contributed by atoms with Gasteiger partial charge in [-0.1, -0.05) is 146 Å². The number of carboxylic acids is 3. The second-order valence-corrected chi connectivity index (χ2v) is 25.5. The second-order valence-electron chi connectivity index (χ2n) is 23.8. The maximum atomic E-state index is 11.5. The molecular weight excluding hydrogens is 1850 g/mol. The second kappa shape index (κ2) is 50.7. The van der Waals surface area contributed by atoms with Crippen LogP contribution in [0.25, 0.3) is 162 Å². The number of aromatic nitrogens is 10. The normalized spacial score (nSPS) is 10.2. The molecule has 0 atom stereocenters. The SMILES string of the molecule is O=C(O)Cn1c2ccc(/C=C/c3cccs3)cc2c2cc(-c3ccccn3)ncc21.O=C(O)c1ccnc(-c2ccccn2)c1.O=C(O)c1ccnc(-c2ccccn2)c1.O=C=O.O=C=O.[2H]c1c([2H])c([2H])c(-c2ccc3c(c2)c2cc(-c4ccccn4)ncc2n3-c2ccc3cc(-c4cc(O)c(O)c(O)c4)ccc3c2)c([2H])c1[2H].[N-]=C=S.[N-]=C=S.[N-]=C=S.[N-]=C=S.[Ru+2].[Ru+2]. The van der Waals surface area contributed by atoms with Gasteiger partial charge in [0.2, 0.25) is 0 Å². The number of carbonyl (C=O) groups excluding carboxylic acids is 4. The third-order valence-electron chi connectivity index (χ3n) is 16.7. The molecule has 0 aliphatic rings. The zero-order chi connectivity index (χ0) is 92.2. The number of hydrogen-bond acceptors (Lipinski definition) is 23. The summed E-state index contributed by atoms with van der Waals surface area (Å²) in [4.78, 5) is 101. The van der Waals surface area contributed by atoms with Crippen molar-refractivity contribution in [3.05, 3.63) is 335 Å². The van der Waals surface area contributed by atoms with Crippen LogP contribution in [0, 0.1) is 0 Å². The Morgan fingerprint density at radius 3 is 1.29 bits per heavy atom. The van der Waals surface area contributed by atoms with Crippen molar-refractivity contribution in [2.45, 2.75) is 6.54 Å². The van der Waals surface area contributed by atoms with Crippen molar-refractivity contribution in [2.24, 2.45) is 0 Å². The fourth-order valence-corrected chi connectivity index (χ4v) is 12.4. The van der Waals surface area contributed by atoms with Crippen molar-refractivity contribution in [1.82, 2.24) is 49.0 Å². The van der Waals surface area contributed by atoms with Crippen molar-refractivity contribution in [1.29, 1.82) is 0 Å². The standard InChI is InChI=1S/C38H25N3O3.C24H17N3O2S.2C11H8N2O2.4CNS.2CO2.2Ru/c42-36-19-28(20-37(43)38(36)44)25-9-10-26-17-29(13-11-24(26)16-25)41-34-14-12-27(23-6-2-1-3-7-23)18-30(34)31-21-33(40-22-35(31)41)32-8-4-5-15-39-32;28-24(29)15-27-22-9-7-16(6-8-17-4-3-11-30-17)12-18(22)19-13-21(26-14-23(19)27)20-5-1-2-10-25-20;2*14-11(15)8-4-6-13-10(7-8)9-3-1-2-5-12-9;6*2-1-3;;/h1-22,42-44H;1-14H,15H2,(H,28,29);2*1-7H,(H,14,15);;;;;;;;/q;;;;4*-1;;;2*+2/b;8-6+;;;;;;;;;;/i1D,2D,3D,6D,7D;;;;;;;;;;;. The van der Waals surface area contributed by atoms with E-state index in [9.17, 15) is 34.8 Å². The van der Waals surface area contributed by atoms with Gasteiger partial charge in [0.1, 0.15) is 6.54 Å². The molecule has 0 unspecified atom stereocenters. The molecule has 6 N–H and O–H groups in total. The summed E-state index contributed by atoms with van der Waals surface area (Å²) in [5.74, 6) is -4.20. The third kappa shape index (κ3) is 26.9. The van der Waals surface area contributed by atoms with Crippen LogP contribution in [-0.2, 0) is 69.5 Å². The van der Waals surface area contributed by atoms with Gasteiger partial charge >= 0.3 is 69.2 Å². The molecule has 27 nitrogen and oxygen atoms in total. The van der Waals surface area contributed by atoms with Crippen molar-refractivity contribution in [3.63, 3.8) is 0 Å². The number of isothiocyanates is 4. The topological polar surface area (TPSA) is 443 Å². The number of aliphatic carboxylic acids is 1. The largest absolute Gasteiger partial charge is 2.00 e. The molecule has 0 bridgehead atoms. The number of carbonyl (C=O) groups is 3. The van der Waals surface area contributed by atoms with Crippen LogP contribution in [0.1, 0.15) is 38.0 Å². The summed E-state index contributed by atoms with van der Waals surface area (Å²) in [6, 6.07) is 60.5. The van der Waals surface area contributed by atoms with Crippen LogP contribution in [0.15, 0.2) is 291 Å². The van der Waals surface area contributed by atoms with Gasteiger partial charge in [-0.2, -0.15) is 39.8 Å². The molecule has 124 heavy (non-hydrogen) atoms. The molecule has 0 aliphatic carbocycles. The zero-order valence-corrected chi connectivity index (χ0v) is 70.8. The Bertz CT molecular complexity index is 6870. The first-order valence-corrected chi connectivity index (χ1v) is 37.1. The summed E-state index contributed by atoms with van der Waals surface area (Å²) in [6.45, 7) is -0.116. The van der Waals surface area contributed by atoms with Crippen LogP contribution >= 0.6 is 60.2 Å². The number of phenols is 3. The molecule has 0 fully saturated rings. The summed E-state index contributed by atoms with van der Waals surface area (Å²) in [5.41, 5.74) is 12.9. The summed E-state index contributed by atoms with van der Waals surface area (Å²) in [6.07, 6.45) is 17.9. The van der Waals surface area contributed by atoms with E-state index in [1.807, 2.05) is 127 Å². The van der Waals surface area contributed by atoms with Crippen LogP contribution in [0.5, 0.6) is 17.2 Å². The maximum absolute atomic E-state index is 11.5. The monoisotopic (exact) mass is 1910 g/mol. The molecule has 17 aromatic rings. The number of thiocarbonyl (C=S) groups is 4. The van der Waals surface area contributed by atoms with E-state index in [4.69, 9.17) is 62.9 Å². The summed E-state index contributed by atoms with van der Waals surface area (Å²) < 4.78 is 45.5. The molecule has 11 heterocycles. The van der Waals surface area contributed by atoms with Crippen LogP contribution in [-0.4, -0.2) is 131 Å². The molecule has 6 aromatic carbocycles. The summed E-state index contributed by atoms with van der Waals surface area (Å²) in [7, 11) is 0. The van der Waals surface area contributed by atoms with Crippen LogP contribution in [0.3, 0.4) is 0 Å². The predicted octanol–water partition coefficient (Wildman–Crippen LogP) is 19.6. The number of aromatic carboxylic acids is 2. The Kier molecular flexibility index (Phi) is 36.6. The van der Waals surface area contributed by atoms with Crippen LogP contribution in [0.2, 0.25) is 0 Å². The maximum Gasteiger partial charge on any atom is 2.00 e. The van der Waals surface area contributed by atoms with E-state index < -0.39 is 53.3 Å². The number of carboxylic acid groups (broad SMARTS) is 3. The molecule has 0 radical (unpaired) electrons. The average molecular weight is 1910 g/mol. The minimum absolute atomic E-state index is 0.